The van der Waals surface area contributed by atoms with Crippen molar-refractivity contribution in [1.82, 2.24) is 4.57 Å². The molecule has 0 atom stereocenters. The number of benzene rings is 1. The number of hydrogen-bond donors (Lipinski definition) is 2. The number of hydrogen-bond acceptors (Lipinski definition) is 3. The molecule has 1 aromatic carbocycles. The summed E-state index contributed by atoms with van der Waals surface area (Å²) in [6.07, 6.45) is 5.42. The molecule has 18 heavy (non-hydrogen) atoms. The molecule has 5 heteroatoms. The first-order chi connectivity index (χ1) is 8.56. The van der Waals surface area contributed by atoms with E-state index in [-0.39, 0.29) is 11.3 Å². The highest BCUT2D eigenvalue weighted by Crippen LogP contribution is 2.23. The second-order valence-electron chi connectivity index (χ2n) is 3.88. The van der Waals surface area contributed by atoms with Crippen LogP contribution in [0.25, 0.3) is 0 Å². The average molecular weight is 244 g/mol. The van der Waals surface area contributed by atoms with E-state index in [2.05, 4.69) is 4.99 Å². The molecule has 2 aromatic rings. The second-order valence-corrected chi connectivity index (χ2v) is 3.88. The zero-order valence-corrected chi connectivity index (χ0v) is 9.74. The van der Waals surface area contributed by atoms with Crippen LogP contribution in [0.15, 0.2) is 41.7 Å². The van der Waals surface area contributed by atoms with Gasteiger partial charge < -0.3 is 14.8 Å². The maximum Gasteiger partial charge on any atom is 0.339 e. The number of aryl methyl sites for hydroxylation is 1. The Morgan fingerprint density at radius 2 is 2.17 bits per heavy atom. The van der Waals surface area contributed by atoms with Crippen molar-refractivity contribution in [3.8, 4) is 5.75 Å². The van der Waals surface area contributed by atoms with E-state index in [1.165, 1.54) is 12.1 Å². The van der Waals surface area contributed by atoms with E-state index >= 15 is 0 Å². The summed E-state index contributed by atoms with van der Waals surface area (Å²) >= 11 is 0. The second kappa shape index (κ2) is 4.75. The summed E-state index contributed by atoms with van der Waals surface area (Å²) in [5.41, 5.74) is 1.24. The number of aliphatic imine (C=N–C) groups is 1. The first-order valence-electron chi connectivity index (χ1n) is 5.28. The van der Waals surface area contributed by atoms with Crippen molar-refractivity contribution in [2.75, 3.05) is 0 Å². The lowest BCUT2D eigenvalue weighted by Crippen LogP contribution is -1.95. The van der Waals surface area contributed by atoms with E-state index < -0.39 is 5.97 Å². The lowest BCUT2D eigenvalue weighted by molar-refractivity contribution is 0.0694. The number of carboxylic acid groups (broad SMARTS) is 1. The van der Waals surface area contributed by atoms with Gasteiger partial charge in [0.25, 0.3) is 0 Å². The highest BCUT2D eigenvalue weighted by molar-refractivity contribution is 5.92. The van der Waals surface area contributed by atoms with Crippen molar-refractivity contribution >= 4 is 17.9 Å². The third kappa shape index (κ3) is 2.57. The van der Waals surface area contributed by atoms with Gasteiger partial charge in [-0.25, -0.2) is 4.79 Å². The van der Waals surface area contributed by atoms with Crippen LogP contribution in [0.1, 0.15) is 15.9 Å². The lowest BCUT2D eigenvalue weighted by Gasteiger charge is -2.00. The fourth-order valence-electron chi connectivity index (χ4n) is 1.53. The first-order valence-corrected chi connectivity index (χ1v) is 5.28. The number of aromatic nitrogens is 1. The lowest BCUT2D eigenvalue weighted by atomic mass is 10.2. The van der Waals surface area contributed by atoms with Crippen molar-refractivity contribution in [2.24, 2.45) is 12.0 Å². The van der Waals surface area contributed by atoms with E-state index in [9.17, 15) is 9.90 Å². The Hall–Kier alpha value is -2.56. The van der Waals surface area contributed by atoms with Gasteiger partial charge in [0.05, 0.1) is 5.69 Å². The van der Waals surface area contributed by atoms with Crippen LogP contribution in [0.4, 0.5) is 5.69 Å². The molecule has 0 aliphatic heterocycles. The minimum Gasteiger partial charge on any atom is -0.507 e. The topological polar surface area (TPSA) is 74.8 Å². The summed E-state index contributed by atoms with van der Waals surface area (Å²) in [7, 11) is 1.90. The molecule has 92 valence electrons. The van der Waals surface area contributed by atoms with Crippen LogP contribution in [0, 0.1) is 0 Å². The maximum absolute atomic E-state index is 10.8. The van der Waals surface area contributed by atoms with Crippen molar-refractivity contribution in [3.05, 3.63) is 47.8 Å². The molecular formula is C13H12N2O3. The average Bonchev–Trinajstić information content (AvgIpc) is 2.74. The van der Waals surface area contributed by atoms with E-state index in [0.717, 1.165) is 5.56 Å². The number of carboxylic acids is 1. The predicted molar refractivity (Wildman–Crippen MR) is 67.7 cm³/mol. The van der Waals surface area contributed by atoms with E-state index in [0.29, 0.717) is 5.69 Å². The quantitative estimate of drug-likeness (QED) is 0.812. The molecule has 1 aromatic heterocycles. The molecule has 0 bridgehead atoms. The Morgan fingerprint density at radius 1 is 1.39 bits per heavy atom. The van der Waals surface area contributed by atoms with Gasteiger partial charge in [0.1, 0.15) is 11.3 Å². The molecule has 5 nitrogen and oxygen atoms in total. The van der Waals surface area contributed by atoms with Gasteiger partial charge in [0, 0.05) is 31.2 Å². The summed E-state index contributed by atoms with van der Waals surface area (Å²) in [5.74, 6) is -1.44. The van der Waals surface area contributed by atoms with Crippen LogP contribution in [-0.2, 0) is 7.05 Å². The summed E-state index contributed by atoms with van der Waals surface area (Å²) in [4.78, 5) is 15.0. The predicted octanol–water partition coefficient (Wildman–Crippen LogP) is 2.18. The van der Waals surface area contributed by atoms with Gasteiger partial charge in [-0.3, -0.25) is 4.99 Å². The molecule has 0 amide bonds. The van der Waals surface area contributed by atoms with Gasteiger partial charge in [0.15, 0.2) is 0 Å². The molecule has 0 unspecified atom stereocenters. The zero-order chi connectivity index (χ0) is 13.1. The monoisotopic (exact) mass is 244 g/mol. The number of carbonyl (C=O) groups is 1. The van der Waals surface area contributed by atoms with Gasteiger partial charge >= 0.3 is 5.97 Å². The van der Waals surface area contributed by atoms with Gasteiger partial charge in [-0.1, -0.05) is 0 Å². The SMILES string of the molecule is Cn1ccc(C=Nc2ccc(O)c(C(=O)O)c2)c1. The van der Waals surface area contributed by atoms with Crippen molar-refractivity contribution in [3.63, 3.8) is 0 Å². The Labute approximate surface area is 104 Å². The Kier molecular flexibility index (Phi) is 3.14. The third-order valence-electron chi connectivity index (χ3n) is 2.43. The minimum absolute atomic E-state index is 0.155. The molecule has 2 N–H and O–H groups in total. The van der Waals surface area contributed by atoms with Crippen LogP contribution in [-0.4, -0.2) is 27.0 Å². The van der Waals surface area contributed by atoms with Crippen LogP contribution in [0.3, 0.4) is 0 Å². The molecule has 2 rings (SSSR count). The number of nitrogens with zero attached hydrogens (tertiary/aromatic N) is 2. The molecular weight excluding hydrogens is 232 g/mol. The standard InChI is InChI=1S/C13H12N2O3/c1-15-5-4-9(8-15)7-14-10-2-3-12(16)11(6-10)13(17)18/h2-8,16H,1H3,(H,17,18). The van der Waals surface area contributed by atoms with Gasteiger partial charge in [-0.2, -0.15) is 0 Å². The summed E-state index contributed by atoms with van der Waals surface area (Å²) in [6, 6.07) is 6.10. The Balaban J connectivity index is 2.27. The molecule has 0 fully saturated rings. The van der Waals surface area contributed by atoms with Crippen LogP contribution < -0.4 is 0 Å². The molecule has 0 aliphatic rings. The first kappa shape index (κ1) is 11.9. The maximum atomic E-state index is 10.8. The summed E-state index contributed by atoms with van der Waals surface area (Å²) in [6.45, 7) is 0. The third-order valence-corrected chi connectivity index (χ3v) is 2.43. The van der Waals surface area contributed by atoms with Crippen molar-refractivity contribution in [1.29, 1.82) is 0 Å². The highest BCUT2D eigenvalue weighted by Gasteiger charge is 2.09. The molecule has 0 radical (unpaired) electrons. The van der Waals surface area contributed by atoms with Gasteiger partial charge in [-0.05, 0) is 24.3 Å². The van der Waals surface area contributed by atoms with Gasteiger partial charge in [0.2, 0.25) is 0 Å². The van der Waals surface area contributed by atoms with E-state index in [1.54, 1.807) is 12.3 Å². The van der Waals surface area contributed by atoms with Crippen LogP contribution >= 0.6 is 0 Å². The molecule has 0 spiro atoms. The largest absolute Gasteiger partial charge is 0.507 e. The minimum atomic E-state index is -1.18. The highest BCUT2D eigenvalue weighted by atomic mass is 16.4. The zero-order valence-electron chi connectivity index (χ0n) is 9.74. The van der Waals surface area contributed by atoms with Crippen LogP contribution in [0.2, 0.25) is 0 Å². The number of rotatable bonds is 3. The fourth-order valence-corrected chi connectivity index (χ4v) is 1.53. The summed E-state index contributed by atoms with van der Waals surface area (Å²) in [5, 5.41) is 18.2. The van der Waals surface area contributed by atoms with E-state index in [4.69, 9.17) is 5.11 Å². The summed E-state index contributed by atoms with van der Waals surface area (Å²) < 4.78 is 1.89. The molecule has 0 saturated carbocycles. The van der Waals surface area contributed by atoms with Crippen LogP contribution in [0.5, 0.6) is 5.75 Å². The fraction of sp³-hybridized carbons (Fsp3) is 0.0769. The molecule has 0 aliphatic carbocycles. The van der Waals surface area contributed by atoms with E-state index in [1.807, 2.05) is 30.1 Å². The Morgan fingerprint density at radius 3 is 2.78 bits per heavy atom. The van der Waals surface area contributed by atoms with Gasteiger partial charge in [-0.15, -0.1) is 0 Å². The normalized spacial score (nSPS) is 10.9. The smallest absolute Gasteiger partial charge is 0.339 e. The van der Waals surface area contributed by atoms with Crippen molar-refractivity contribution in [2.45, 2.75) is 0 Å². The van der Waals surface area contributed by atoms with Crippen molar-refractivity contribution < 1.29 is 15.0 Å². The number of phenols is 1. The molecule has 0 saturated heterocycles. The number of aromatic carboxylic acids is 1. The Bertz CT molecular complexity index is 614. The number of aromatic hydroxyl groups is 1. The molecule has 1 heterocycles.